The zero-order valence-electron chi connectivity index (χ0n) is 16.3. The molecule has 3 aromatic carbocycles. The van der Waals surface area contributed by atoms with E-state index < -0.39 is 11.4 Å². The topological polar surface area (TPSA) is 55.4 Å². The number of carbonyl (C=O) groups excluding carboxylic acids is 2. The normalized spacial score (nSPS) is 13.3. The minimum Gasteiger partial charge on any atom is -0.452 e. The Kier molecular flexibility index (Phi) is 5.86. The van der Waals surface area contributed by atoms with E-state index in [9.17, 15) is 14.0 Å². The largest absolute Gasteiger partial charge is 0.452 e. The number of hydrogen-bond acceptors (Lipinski definition) is 4. The maximum Gasteiger partial charge on any atom is 0.319 e. The van der Waals surface area contributed by atoms with E-state index in [4.69, 9.17) is 4.74 Å². The zero-order valence-corrected chi connectivity index (χ0v) is 17.1. The Morgan fingerprint density at radius 2 is 1.53 bits per heavy atom. The average Bonchev–Trinajstić information content (AvgIpc) is 3.07. The van der Waals surface area contributed by atoms with Gasteiger partial charge < -0.3 is 10.1 Å². The molecule has 0 bridgehead atoms. The minimum absolute atomic E-state index is 0.0888. The highest BCUT2D eigenvalue weighted by Crippen LogP contribution is 2.45. The lowest BCUT2D eigenvalue weighted by Gasteiger charge is -2.18. The van der Waals surface area contributed by atoms with Crippen molar-refractivity contribution >= 4 is 29.3 Å². The Morgan fingerprint density at radius 1 is 0.967 bits per heavy atom. The van der Waals surface area contributed by atoms with Gasteiger partial charge in [0.05, 0.1) is 5.75 Å². The summed E-state index contributed by atoms with van der Waals surface area (Å²) < 4.78 is 18.8. The molecular formula is C24H20FNO3S. The van der Waals surface area contributed by atoms with Crippen molar-refractivity contribution in [1.29, 1.82) is 0 Å². The molecule has 1 aliphatic carbocycles. The molecule has 4 rings (SSSR count). The number of amides is 1. The highest BCUT2D eigenvalue weighted by molar-refractivity contribution is 8.01. The smallest absolute Gasteiger partial charge is 0.319 e. The summed E-state index contributed by atoms with van der Waals surface area (Å²) in [7, 11) is 0. The van der Waals surface area contributed by atoms with Crippen LogP contribution in [0.4, 0.5) is 10.1 Å². The molecule has 0 aromatic heterocycles. The molecule has 0 saturated heterocycles. The zero-order chi connectivity index (χ0) is 21.1. The van der Waals surface area contributed by atoms with Crippen molar-refractivity contribution in [2.75, 3.05) is 11.1 Å². The quantitative estimate of drug-likeness (QED) is 0.556. The van der Waals surface area contributed by atoms with E-state index in [0.717, 1.165) is 22.3 Å². The number of rotatable bonds is 6. The predicted molar refractivity (Wildman–Crippen MR) is 117 cm³/mol. The van der Waals surface area contributed by atoms with Crippen LogP contribution >= 0.6 is 11.8 Å². The summed E-state index contributed by atoms with van der Waals surface area (Å²) in [6.07, 6.45) is -0.444. The van der Waals surface area contributed by atoms with Gasteiger partial charge in [0, 0.05) is 16.8 Å². The molecule has 1 aliphatic rings. The van der Waals surface area contributed by atoms with Crippen molar-refractivity contribution in [2.24, 2.45) is 0 Å². The summed E-state index contributed by atoms with van der Waals surface area (Å²) >= 11 is 1.20. The molecular weight excluding hydrogens is 401 g/mol. The van der Waals surface area contributed by atoms with Crippen molar-refractivity contribution in [1.82, 2.24) is 0 Å². The van der Waals surface area contributed by atoms with Gasteiger partial charge in [0.15, 0.2) is 6.10 Å². The number of esters is 1. The Balaban J connectivity index is 1.37. The van der Waals surface area contributed by atoms with Crippen LogP contribution in [0, 0.1) is 5.82 Å². The maximum atomic E-state index is 13.0. The number of hydrogen-bond donors (Lipinski definition) is 1. The lowest BCUT2D eigenvalue weighted by Crippen LogP contribution is -2.23. The molecule has 0 heterocycles. The fourth-order valence-electron chi connectivity index (χ4n) is 3.45. The lowest BCUT2D eigenvalue weighted by atomic mass is 10.1. The van der Waals surface area contributed by atoms with E-state index in [1.807, 2.05) is 48.5 Å². The number of ether oxygens (including phenoxy) is 1. The molecule has 3 aromatic rings. The molecule has 152 valence electrons. The third-order valence-corrected chi connectivity index (χ3v) is 6.06. The molecule has 6 heteroatoms. The standard InChI is InChI=1S/C24H20FNO3S/c1-15(30-14-22(27)26-17-12-10-16(25)11-13-17)24(28)29-23-20-8-4-2-6-18(20)19-7-3-5-9-21(19)23/h2-13,15,23H,14H2,1H3,(H,26,27). The first-order chi connectivity index (χ1) is 14.5. The Bertz CT molecular complexity index is 1040. The van der Waals surface area contributed by atoms with Gasteiger partial charge in [0.1, 0.15) is 11.1 Å². The van der Waals surface area contributed by atoms with Gasteiger partial charge >= 0.3 is 5.97 Å². The van der Waals surface area contributed by atoms with Crippen LogP contribution < -0.4 is 5.32 Å². The molecule has 1 N–H and O–H groups in total. The summed E-state index contributed by atoms with van der Waals surface area (Å²) in [6, 6.07) is 21.3. The van der Waals surface area contributed by atoms with Gasteiger partial charge in [-0.3, -0.25) is 9.59 Å². The van der Waals surface area contributed by atoms with Crippen molar-refractivity contribution in [3.05, 3.63) is 89.7 Å². The first kappa shape index (κ1) is 20.2. The summed E-state index contributed by atoms with van der Waals surface area (Å²) in [6.45, 7) is 1.73. The van der Waals surface area contributed by atoms with Crippen LogP contribution in [0.5, 0.6) is 0 Å². The minimum atomic E-state index is -0.510. The lowest BCUT2D eigenvalue weighted by molar-refractivity contribution is -0.146. The van der Waals surface area contributed by atoms with Crippen LogP contribution in [0.3, 0.4) is 0 Å². The maximum absolute atomic E-state index is 13.0. The van der Waals surface area contributed by atoms with Crippen molar-refractivity contribution in [3.8, 4) is 11.1 Å². The molecule has 0 radical (unpaired) electrons. The highest BCUT2D eigenvalue weighted by Gasteiger charge is 2.32. The fourth-order valence-corrected chi connectivity index (χ4v) is 4.11. The van der Waals surface area contributed by atoms with Gasteiger partial charge in [-0.1, -0.05) is 48.5 Å². The Labute approximate surface area is 178 Å². The van der Waals surface area contributed by atoms with E-state index in [1.165, 1.54) is 36.0 Å². The van der Waals surface area contributed by atoms with E-state index in [2.05, 4.69) is 5.32 Å². The molecule has 0 saturated carbocycles. The monoisotopic (exact) mass is 421 g/mol. The second kappa shape index (κ2) is 8.71. The molecule has 0 aliphatic heterocycles. The summed E-state index contributed by atoms with van der Waals surface area (Å²) in [5, 5.41) is 2.17. The van der Waals surface area contributed by atoms with Crippen LogP contribution in [0.2, 0.25) is 0 Å². The fraction of sp³-hybridized carbons (Fsp3) is 0.167. The van der Waals surface area contributed by atoms with E-state index in [0.29, 0.717) is 5.69 Å². The molecule has 30 heavy (non-hydrogen) atoms. The van der Waals surface area contributed by atoms with Crippen LogP contribution in [-0.4, -0.2) is 22.9 Å². The third kappa shape index (κ3) is 4.24. The summed E-state index contributed by atoms with van der Waals surface area (Å²) in [4.78, 5) is 24.8. The first-order valence-corrected chi connectivity index (χ1v) is 10.6. The Morgan fingerprint density at radius 3 is 2.13 bits per heavy atom. The van der Waals surface area contributed by atoms with E-state index in [1.54, 1.807) is 6.92 Å². The molecule has 1 atom stereocenters. The van der Waals surface area contributed by atoms with Gasteiger partial charge in [-0.15, -0.1) is 11.8 Å². The van der Waals surface area contributed by atoms with Gasteiger partial charge in [0.2, 0.25) is 5.91 Å². The molecule has 0 spiro atoms. The predicted octanol–water partition coefficient (Wildman–Crippen LogP) is 5.20. The molecule has 0 fully saturated rings. The molecule has 4 nitrogen and oxygen atoms in total. The molecule has 1 amide bonds. The number of fused-ring (bicyclic) bond motifs is 3. The number of thioether (sulfide) groups is 1. The second-order valence-electron chi connectivity index (χ2n) is 7.00. The van der Waals surface area contributed by atoms with Crippen molar-refractivity contribution in [2.45, 2.75) is 18.3 Å². The van der Waals surface area contributed by atoms with Gasteiger partial charge in [-0.25, -0.2) is 4.39 Å². The van der Waals surface area contributed by atoms with Crippen molar-refractivity contribution in [3.63, 3.8) is 0 Å². The number of anilines is 1. The van der Waals surface area contributed by atoms with E-state index in [-0.39, 0.29) is 23.4 Å². The highest BCUT2D eigenvalue weighted by atomic mass is 32.2. The first-order valence-electron chi connectivity index (χ1n) is 9.58. The van der Waals surface area contributed by atoms with Crippen LogP contribution in [0.1, 0.15) is 24.2 Å². The van der Waals surface area contributed by atoms with Crippen molar-refractivity contribution < 1.29 is 18.7 Å². The SMILES string of the molecule is CC(SCC(=O)Nc1ccc(F)cc1)C(=O)OC1c2ccccc2-c2ccccc21. The van der Waals surface area contributed by atoms with E-state index >= 15 is 0 Å². The molecule has 1 unspecified atom stereocenters. The summed E-state index contributed by atoms with van der Waals surface area (Å²) in [5.74, 6) is -0.909. The van der Waals surface area contributed by atoms with Crippen LogP contribution in [0.25, 0.3) is 11.1 Å². The number of benzene rings is 3. The van der Waals surface area contributed by atoms with Crippen LogP contribution in [-0.2, 0) is 14.3 Å². The van der Waals surface area contributed by atoms with Crippen LogP contribution in [0.15, 0.2) is 72.8 Å². The summed E-state index contributed by atoms with van der Waals surface area (Å²) in [5.41, 5.74) is 4.60. The Hall–Kier alpha value is -3.12. The average molecular weight is 421 g/mol. The van der Waals surface area contributed by atoms with Gasteiger partial charge in [-0.05, 0) is 42.3 Å². The second-order valence-corrected chi connectivity index (χ2v) is 8.33. The number of carbonyl (C=O) groups is 2. The van der Waals surface area contributed by atoms with Gasteiger partial charge in [0.25, 0.3) is 0 Å². The number of nitrogens with one attached hydrogen (secondary N) is 1. The third-order valence-electron chi connectivity index (χ3n) is 4.94. The number of halogens is 1. The van der Waals surface area contributed by atoms with Gasteiger partial charge in [-0.2, -0.15) is 0 Å².